The Hall–Kier alpha value is -2.83. The first kappa shape index (κ1) is 19.2. The molecule has 2 aromatic carbocycles. The van der Waals surface area contributed by atoms with Gasteiger partial charge in [-0.15, -0.1) is 10.2 Å². The molecule has 3 aromatic rings. The molecule has 1 saturated carbocycles. The molecule has 2 unspecified atom stereocenters. The Morgan fingerprint density at radius 2 is 1.90 bits per heavy atom. The van der Waals surface area contributed by atoms with Crippen LogP contribution in [-0.4, -0.2) is 50.7 Å². The summed E-state index contributed by atoms with van der Waals surface area (Å²) in [6.45, 7) is 3.32. The van der Waals surface area contributed by atoms with Gasteiger partial charge in [0.15, 0.2) is 5.82 Å². The Balaban J connectivity index is 1.09. The summed E-state index contributed by atoms with van der Waals surface area (Å²) in [5.41, 5.74) is 4.00. The maximum Gasteiger partial charge on any atom is 0.197 e. The van der Waals surface area contributed by atoms with E-state index in [4.69, 9.17) is 0 Å². The van der Waals surface area contributed by atoms with Gasteiger partial charge >= 0.3 is 0 Å². The molecule has 0 bridgehead atoms. The lowest BCUT2D eigenvalue weighted by molar-refractivity contribution is 0.189. The third kappa shape index (κ3) is 4.83. The predicted molar refractivity (Wildman–Crippen MR) is 119 cm³/mol. The Morgan fingerprint density at radius 3 is 2.70 bits per heavy atom. The number of tetrazole rings is 1. The number of benzene rings is 2. The Bertz CT molecular complexity index is 960. The van der Waals surface area contributed by atoms with Crippen molar-refractivity contribution in [1.29, 1.82) is 0 Å². The van der Waals surface area contributed by atoms with Gasteiger partial charge in [0.25, 0.3) is 0 Å². The second-order valence-corrected chi connectivity index (χ2v) is 8.42. The molecule has 154 valence electrons. The average Bonchev–Trinajstić information content (AvgIpc) is 3.35. The third-order valence-corrected chi connectivity index (χ3v) is 6.20. The quantitative estimate of drug-likeness (QED) is 0.635. The minimum atomic E-state index is 0.597. The molecule has 0 radical (unpaired) electrons. The number of rotatable bonds is 7. The number of piperidine rings is 1. The number of aromatic nitrogens is 4. The van der Waals surface area contributed by atoms with Crippen molar-refractivity contribution in [2.75, 3.05) is 13.1 Å². The molecule has 2 N–H and O–H groups in total. The van der Waals surface area contributed by atoms with Crippen LogP contribution < -0.4 is 5.32 Å². The monoisotopic (exact) mass is 400 g/mol. The highest BCUT2D eigenvalue weighted by Crippen LogP contribution is 2.41. The molecular weight excluding hydrogens is 372 g/mol. The van der Waals surface area contributed by atoms with E-state index in [1.54, 1.807) is 0 Å². The number of aromatic amines is 1. The van der Waals surface area contributed by atoms with Gasteiger partial charge in [-0.3, -0.25) is 4.90 Å². The molecule has 1 aliphatic carbocycles. The number of nitrogens with zero attached hydrogens (tertiary/aromatic N) is 4. The standard InChI is InChI=1S/C24H28N6/c1-2-7-20(8-3-1)22-16-23(22)25-21-11-13-30(14-12-21)17-19-6-4-5-18(15-19)9-10-24-26-28-29-27-24/h1-10,15,21-23,25H,11-14,16-17H2,(H,26,27,28,29)/b10-9+. The molecular formula is C24H28N6. The molecule has 1 saturated heterocycles. The number of hydrogen-bond acceptors (Lipinski definition) is 5. The van der Waals surface area contributed by atoms with Crippen LogP contribution >= 0.6 is 0 Å². The maximum absolute atomic E-state index is 3.95. The molecule has 2 heterocycles. The van der Waals surface area contributed by atoms with Gasteiger partial charge in [0.05, 0.1) is 0 Å². The second kappa shape index (κ2) is 8.90. The predicted octanol–water partition coefficient (Wildman–Crippen LogP) is 3.48. The van der Waals surface area contributed by atoms with Gasteiger partial charge in [-0.05, 0) is 60.3 Å². The lowest BCUT2D eigenvalue weighted by atomic mass is 10.0. The van der Waals surface area contributed by atoms with Crippen molar-refractivity contribution in [2.24, 2.45) is 0 Å². The third-order valence-electron chi connectivity index (χ3n) is 6.20. The van der Waals surface area contributed by atoms with Crippen LogP contribution in [0.2, 0.25) is 0 Å². The van der Waals surface area contributed by atoms with Crippen LogP contribution in [0.1, 0.15) is 47.7 Å². The van der Waals surface area contributed by atoms with Crippen LogP contribution in [0.15, 0.2) is 54.6 Å². The van der Waals surface area contributed by atoms with Crippen molar-refractivity contribution in [3.8, 4) is 0 Å². The Kier molecular flexibility index (Phi) is 5.68. The SMILES string of the molecule is C(=C\c1nn[nH]n1)/c1cccc(CN2CCC(NC3CC3c3ccccc3)CC2)c1. The van der Waals surface area contributed by atoms with Crippen molar-refractivity contribution in [1.82, 2.24) is 30.8 Å². The van der Waals surface area contributed by atoms with Crippen LogP contribution in [-0.2, 0) is 6.54 Å². The first-order valence-corrected chi connectivity index (χ1v) is 10.9. The molecule has 30 heavy (non-hydrogen) atoms. The van der Waals surface area contributed by atoms with E-state index < -0.39 is 0 Å². The summed E-state index contributed by atoms with van der Waals surface area (Å²) < 4.78 is 0. The summed E-state index contributed by atoms with van der Waals surface area (Å²) >= 11 is 0. The van der Waals surface area contributed by atoms with Gasteiger partial charge in [-0.1, -0.05) is 60.7 Å². The van der Waals surface area contributed by atoms with Gasteiger partial charge in [-0.2, -0.15) is 5.21 Å². The zero-order valence-corrected chi connectivity index (χ0v) is 17.1. The summed E-state index contributed by atoms with van der Waals surface area (Å²) in [7, 11) is 0. The molecule has 6 nitrogen and oxygen atoms in total. The maximum atomic E-state index is 3.95. The van der Waals surface area contributed by atoms with E-state index in [1.165, 1.54) is 30.4 Å². The van der Waals surface area contributed by atoms with E-state index in [2.05, 4.69) is 85.4 Å². The molecule has 2 fully saturated rings. The number of likely N-dealkylation sites (tertiary alicyclic amines) is 1. The molecule has 5 rings (SSSR count). The molecule has 1 aromatic heterocycles. The summed E-state index contributed by atoms with van der Waals surface area (Å²) in [6, 6.07) is 20.9. The van der Waals surface area contributed by atoms with E-state index in [0.717, 1.165) is 25.2 Å². The van der Waals surface area contributed by atoms with Crippen molar-refractivity contribution >= 4 is 12.2 Å². The smallest absolute Gasteiger partial charge is 0.197 e. The molecule has 2 aliphatic rings. The summed E-state index contributed by atoms with van der Waals surface area (Å²) in [6.07, 6.45) is 7.66. The Morgan fingerprint density at radius 1 is 1.03 bits per heavy atom. The zero-order chi connectivity index (χ0) is 20.2. The fraction of sp³-hybridized carbons (Fsp3) is 0.375. The second-order valence-electron chi connectivity index (χ2n) is 8.42. The zero-order valence-electron chi connectivity index (χ0n) is 17.1. The first-order chi connectivity index (χ1) is 14.8. The normalized spacial score (nSPS) is 22.5. The van der Waals surface area contributed by atoms with Crippen LogP contribution in [0, 0.1) is 0 Å². The van der Waals surface area contributed by atoms with Crippen LogP contribution in [0.4, 0.5) is 0 Å². The largest absolute Gasteiger partial charge is 0.311 e. The highest BCUT2D eigenvalue weighted by atomic mass is 15.5. The number of H-pyrrole nitrogens is 1. The fourth-order valence-corrected chi connectivity index (χ4v) is 4.47. The van der Waals surface area contributed by atoms with E-state index in [0.29, 0.717) is 23.8 Å². The first-order valence-electron chi connectivity index (χ1n) is 10.9. The van der Waals surface area contributed by atoms with E-state index in [-0.39, 0.29) is 0 Å². The molecule has 6 heteroatoms. The highest BCUT2D eigenvalue weighted by Gasteiger charge is 2.39. The van der Waals surface area contributed by atoms with Gasteiger partial charge in [-0.25, -0.2) is 0 Å². The van der Waals surface area contributed by atoms with Gasteiger partial charge in [0.1, 0.15) is 0 Å². The number of nitrogens with one attached hydrogen (secondary N) is 2. The molecule has 2 atom stereocenters. The van der Waals surface area contributed by atoms with Crippen LogP contribution in [0.3, 0.4) is 0 Å². The van der Waals surface area contributed by atoms with E-state index in [1.807, 2.05) is 12.2 Å². The summed E-state index contributed by atoms with van der Waals surface area (Å²) in [4.78, 5) is 2.57. The van der Waals surface area contributed by atoms with Gasteiger partial charge < -0.3 is 5.32 Å². The van der Waals surface area contributed by atoms with Crippen LogP contribution in [0.5, 0.6) is 0 Å². The molecule has 0 amide bonds. The Labute approximate surface area is 177 Å². The molecule has 1 aliphatic heterocycles. The van der Waals surface area contributed by atoms with Crippen molar-refractivity contribution in [2.45, 2.75) is 43.8 Å². The molecule has 0 spiro atoms. The average molecular weight is 401 g/mol. The highest BCUT2D eigenvalue weighted by molar-refractivity contribution is 5.66. The fourth-order valence-electron chi connectivity index (χ4n) is 4.47. The lowest BCUT2D eigenvalue weighted by Gasteiger charge is -2.32. The van der Waals surface area contributed by atoms with Gasteiger partial charge in [0, 0.05) is 24.5 Å². The van der Waals surface area contributed by atoms with Crippen molar-refractivity contribution in [3.63, 3.8) is 0 Å². The summed E-state index contributed by atoms with van der Waals surface area (Å²) in [5.74, 6) is 1.31. The minimum Gasteiger partial charge on any atom is -0.311 e. The topological polar surface area (TPSA) is 69.7 Å². The summed E-state index contributed by atoms with van der Waals surface area (Å²) in [5, 5.41) is 17.9. The van der Waals surface area contributed by atoms with Crippen LogP contribution in [0.25, 0.3) is 12.2 Å². The van der Waals surface area contributed by atoms with E-state index in [9.17, 15) is 0 Å². The van der Waals surface area contributed by atoms with Gasteiger partial charge in [0.2, 0.25) is 0 Å². The number of hydrogen-bond donors (Lipinski definition) is 2. The van der Waals surface area contributed by atoms with Crippen molar-refractivity contribution in [3.05, 3.63) is 77.1 Å². The minimum absolute atomic E-state index is 0.597. The van der Waals surface area contributed by atoms with E-state index >= 15 is 0 Å². The van der Waals surface area contributed by atoms with Crippen molar-refractivity contribution < 1.29 is 0 Å². The lowest BCUT2D eigenvalue weighted by Crippen LogP contribution is -2.43.